The highest BCUT2D eigenvalue weighted by molar-refractivity contribution is 5.76. The number of furan rings is 1. The lowest BCUT2D eigenvalue weighted by atomic mass is 9.74. The minimum absolute atomic E-state index is 0.0254. The Kier molecular flexibility index (Phi) is 4.86. The first kappa shape index (κ1) is 19.2. The van der Waals surface area contributed by atoms with E-state index < -0.39 is 0 Å². The van der Waals surface area contributed by atoms with E-state index in [-0.39, 0.29) is 29.5 Å². The molecule has 6 nitrogen and oxygen atoms in total. The molecule has 1 aromatic carbocycles. The highest BCUT2D eigenvalue weighted by Gasteiger charge is 2.35. The smallest absolute Gasteiger partial charge is 0.267 e. The molecule has 0 radical (unpaired) electrons. The van der Waals surface area contributed by atoms with Crippen LogP contribution < -0.4 is 10.9 Å². The first-order valence-electron chi connectivity index (χ1n) is 9.83. The molecular weight excluding hydrogens is 366 g/mol. The highest BCUT2D eigenvalue weighted by Crippen LogP contribution is 2.41. The Morgan fingerprint density at radius 3 is 2.76 bits per heavy atom. The summed E-state index contributed by atoms with van der Waals surface area (Å²) < 4.78 is 7.05. The molecule has 2 aromatic heterocycles. The first-order chi connectivity index (χ1) is 13.8. The van der Waals surface area contributed by atoms with Gasteiger partial charge < -0.3 is 9.73 Å². The fourth-order valence-electron chi connectivity index (χ4n) is 4.01. The minimum atomic E-state index is -0.302. The molecular formula is C23H25N3O3. The standard InChI is InChI=1S/C23H25N3O3/c1-15-11-17-19(12-23(2,3)13-20(17)29-15)24-21(27)14-26-22(28)10-9-18(25-26)16-7-5-4-6-8-16/h4-11,19H,12-14H2,1-3H3,(H,24,27). The Bertz CT molecular complexity index is 1100. The Hall–Kier alpha value is -3.15. The lowest BCUT2D eigenvalue weighted by Crippen LogP contribution is -2.39. The molecule has 1 aliphatic rings. The van der Waals surface area contributed by atoms with Gasteiger partial charge in [0.2, 0.25) is 5.91 Å². The zero-order chi connectivity index (χ0) is 20.6. The lowest BCUT2D eigenvalue weighted by Gasteiger charge is -2.34. The van der Waals surface area contributed by atoms with Gasteiger partial charge in [0.05, 0.1) is 11.7 Å². The monoisotopic (exact) mass is 391 g/mol. The largest absolute Gasteiger partial charge is 0.466 e. The maximum absolute atomic E-state index is 12.8. The van der Waals surface area contributed by atoms with Gasteiger partial charge in [-0.2, -0.15) is 5.10 Å². The van der Waals surface area contributed by atoms with Gasteiger partial charge in [-0.1, -0.05) is 44.2 Å². The predicted octanol–water partition coefficient (Wildman–Crippen LogP) is 3.64. The maximum atomic E-state index is 12.8. The number of benzene rings is 1. The van der Waals surface area contributed by atoms with Crippen LogP contribution in [0.3, 0.4) is 0 Å². The van der Waals surface area contributed by atoms with Crippen LogP contribution in [0.2, 0.25) is 0 Å². The first-order valence-corrected chi connectivity index (χ1v) is 9.83. The number of fused-ring (bicyclic) bond motifs is 1. The molecule has 150 valence electrons. The molecule has 0 saturated heterocycles. The quantitative estimate of drug-likeness (QED) is 0.737. The van der Waals surface area contributed by atoms with Crippen molar-refractivity contribution in [2.24, 2.45) is 5.41 Å². The van der Waals surface area contributed by atoms with E-state index in [4.69, 9.17) is 4.42 Å². The van der Waals surface area contributed by atoms with Gasteiger partial charge in [-0.25, -0.2) is 4.68 Å². The molecule has 1 N–H and O–H groups in total. The van der Waals surface area contributed by atoms with E-state index in [0.29, 0.717) is 5.69 Å². The molecule has 0 bridgehead atoms. The average molecular weight is 391 g/mol. The number of hydrogen-bond acceptors (Lipinski definition) is 4. The van der Waals surface area contributed by atoms with Crippen LogP contribution in [0, 0.1) is 12.3 Å². The van der Waals surface area contributed by atoms with E-state index in [9.17, 15) is 9.59 Å². The summed E-state index contributed by atoms with van der Waals surface area (Å²) in [6, 6.07) is 14.6. The number of nitrogens with zero attached hydrogens (tertiary/aromatic N) is 2. The van der Waals surface area contributed by atoms with Gasteiger partial charge in [-0.3, -0.25) is 9.59 Å². The zero-order valence-electron chi connectivity index (χ0n) is 16.9. The minimum Gasteiger partial charge on any atom is -0.466 e. The molecule has 1 amide bonds. The number of hydrogen-bond donors (Lipinski definition) is 1. The Labute approximate surface area is 169 Å². The second-order valence-electron chi connectivity index (χ2n) is 8.48. The van der Waals surface area contributed by atoms with Crippen molar-refractivity contribution in [3.8, 4) is 11.3 Å². The zero-order valence-corrected chi connectivity index (χ0v) is 16.9. The van der Waals surface area contributed by atoms with E-state index in [1.807, 2.05) is 43.3 Å². The van der Waals surface area contributed by atoms with Crippen molar-refractivity contribution >= 4 is 5.91 Å². The predicted molar refractivity (Wildman–Crippen MR) is 110 cm³/mol. The average Bonchev–Trinajstić information content (AvgIpc) is 3.03. The molecule has 0 spiro atoms. The third kappa shape index (κ3) is 4.16. The summed E-state index contributed by atoms with van der Waals surface area (Å²) in [4.78, 5) is 25.0. The van der Waals surface area contributed by atoms with E-state index in [1.54, 1.807) is 6.07 Å². The topological polar surface area (TPSA) is 77.1 Å². The van der Waals surface area contributed by atoms with Crippen LogP contribution in [-0.2, 0) is 17.8 Å². The van der Waals surface area contributed by atoms with Gasteiger partial charge in [0.1, 0.15) is 18.1 Å². The van der Waals surface area contributed by atoms with Crippen LogP contribution >= 0.6 is 0 Å². The second-order valence-corrected chi connectivity index (χ2v) is 8.48. The van der Waals surface area contributed by atoms with Crippen molar-refractivity contribution in [2.75, 3.05) is 0 Å². The second kappa shape index (κ2) is 7.35. The van der Waals surface area contributed by atoms with E-state index in [2.05, 4.69) is 24.3 Å². The molecule has 3 aromatic rings. The third-order valence-electron chi connectivity index (χ3n) is 5.30. The number of rotatable bonds is 4. The van der Waals surface area contributed by atoms with E-state index in [0.717, 1.165) is 35.5 Å². The number of carbonyl (C=O) groups excluding carboxylic acids is 1. The van der Waals surface area contributed by atoms with Crippen LogP contribution in [0.5, 0.6) is 0 Å². The number of amides is 1. The van der Waals surface area contributed by atoms with Crippen molar-refractivity contribution in [3.63, 3.8) is 0 Å². The SMILES string of the molecule is Cc1cc2c(o1)CC(C)(C)CC2NC(=O)Cn1nc(-c2ccccc2)ccc1=O. The molecule has 0 fully saturated rings. The third-order valence-corrected chi connectivity index (χ3v) is 5.30. The molecule has 0 aliphatic heterocycles. The summed E-state index contributed by atoms with van der Waals surface area (Å²) in [6.07, 6.45) is 1.67. The number of nitrogens with one attached hydrogen (secondary N) is 1. The van der Waals surface area contributed by atoms with Crippen molar-refractivity contribution in [1.82, 2.24) is 15.1 Å². The van der Waals surface area contributed by atoms with Crippen LogP contribution in [0.15, 0.2) is 57.7 Å². The van der Waals surface area contributed by atoms with Gasteiger partial charge in [-0.15, -0.1) is 0 Å². The van der Waals surface area contributed by atoms with Crippen molar-refractivity contribution in [3.05, 3.63) is 76.0 Å². The van der Waals surface area contributed by atoms with Crippen LogP contribution in [0.1, 0.15) is 43.4 Å². The van der Waals surface area contributed by atoms with Gasteiger partial charge in [0.15, 0.2) is 0 Å². The molecule has 1 aliphatic carbocycles. The molecule has 4 rings (SSSR count). The summed E-state index contributed by atoms with van der Waals surface area (Å²) in [5, 5.41) is 7.46. The summed E-state index contributed by atoms with van der Waals surface area (Å²) in [7, 11) is 0. The van der Waals surface area contributed by atoms with Crippen LogP contribution in [0.4, 0.5) is 0 Å². The molecule has 0 saturated carbocycles. The van der Waals surface area contributed by atoms with Crippen LogP contribution in [0.25, 0.3) is 11.3 Å². The molecule has 1 atom stereocenters. The Morgan fingerprint density at radius 2 is 2.00 bits per heavy atom. The number of carbonyl (C=O) groups is 1. The fourth-order valence-corrected chi connectivity index (χ4v) is 4.01. The number of aryl methyl sites for hydroxylation is 1. The molecule has 29 heavy (non-hydrogen) atoms. The molecule has 6 heteroatoms. The lowest BCUT2D eigenvalue weighted by molar-refractivity contribution is -0.123. The van der Waals surface area contributed by atoms with Gasteiger partial charge in [-0.05, 0) is 30.9 Å². The highest BCUT2D eigenvalue weighted by atomic mass is 16.3. The summed E-state index contributed by atoms with van der Waals surface area (Å²) in [5.74, 6) is 1.54. The maximum Gasteiger partial charge on any atom is 0.267 e. The van der Waals surface area contributed by atoms with Crippen molar-refractivity contribution in [2.45, 2.75) is 46.2 Å². The summed E-state index contributed by atoms with van der Waals surface area (Å²) >= 11 is 0. The van der Waals surface area contributed by atoms with E-state index >= 15 is 0 Å². The Morgan fingerprint density at radius 1 is 1.24 bits per heavy atom. The van der Waals surface area contributed by atoms with Crippen molar-refractivity contribution < 1.29 is 9.21 Å². The normalized spacial score (nSPS) is 17.6. The summed E-state index contributed by atoms with van der Waals surface area (Å²) in [5.41, 5.74) is 2.31. The molecule has 2 heterocycles. The Balaban J connectivity index is 1.54. The van der Waals surface area contributed by atoms with Gasteiger partial charge >= 0.3 is 0 Å². The van der Waals surface area contributed by atoms with E-state index in [1.165, 1.54) is 10.7 Å². The van der Waals surface area contributed by atoms with Gasteiger partial charge in [0.25, 0.3) is 5.56 Å². The fraction of sp³-hybridized carbons (Fsp3) is 0.348. The molecule has 1 unspecified atom stereocenters. The van der Waals surface area contributed by atoms with Crippen molar-refractivity contribution in [1.29, 1.82) is 0 Å². The summed E-state index contributed by atoms with van der Waals surface area (Å²) in [6.45, 7) is 6.13. The van der Waals surface area contributed by atoms with Crippen LogP contribution in [-0.4, -0.2) is 15.7 Å². The van der Waals surface area contributed by atoms with Gasteiger partial charge in [0, 0.05) is 23.6 Å². The number of aromatic nitrogens is 2.